The molecule has 2 nitrogen and oxygen atoms in total. The summed E-state index contributed by atoms with van der Waals surface area (Å²) in [4.78, 5) is 4.08. The highest BCUT2D eigenvalue weighted by molar-refractivity contribution is 6.30. The molecule has 0 atom stereocenters. The highest BCUT2D eigenvalue weighted by atomic mass is 35.5. The van der Waals surface area contributed by atoms with E-state index in [0.717, 1.165) is 11.3 Å². The van der Waals surface area contributed by atoms with Gasteiger partial charge < -0.3 is 0 Å². The van der Waals surface area contributed by atoms with Gasteiger partial charge in [-0.3, -0.25) is 0 Å². The molecule has 0 aliphatic heterocycles. The molecular weight excluding hydrogens is 172 g/mol. The summed E-state index contributed by atoms with van der Waals surface area (Å²) in [6.45, 7) is 1.89. The molecule has 1 aromatic rings. The molecule has 0 N–H and O–H groups in total. The Labute approximate surface area is 76.8 Å². The van der Waals surface area contributed by atoms with Gasteiger partial charge in [0.05, 0.1) is 6.07 Å². The molecule has 62 valence electrons. The highest BCUT2D eigenvalue weighted by Crippen LogP contribution is 2.14. The number of rotatable bonds is 2. The highest BCUT2D eigenvalue weighted by Gasteiger charge is 2.00. The van der Waals surface area contributed by atoms with Gasteiger partial charge in [0.2, 0.25) is 0 Å². The summed E-state index contributed by atoms with van der Waals surface area (Å²) in [5.41, 5.74) is 1.85. The summed E-state index contributed by atoms with van der Waals surface area (Å²) in [5.74, 6) is 0. The lowest BCUT2D eigenvalue weighted by Gasteiger charge is -2.00. The standard InChI is InChI=1S/C9H9ClN2/c1-7-4-5-8(3-2-6-11)9(10)12-7/h4-5H,2-3H2,1H3. The minimum atomic E-state index is 0.491. The normalized spacial score (nSPS) is 9.42. The van der Waals surface area contributed by atoms with Crippen LogP contribution in [0.4, 0.5) is 0 Å². The number of aromatic nitrogens is 1. The van der Waals surface area contributed by atoms with Gasteiger partial charge in [-0.05, 0) is 25.0 Å². The molecule has 0 spiro atoms. The fourth-order valence-corrected chi connectivity index (χ4v) is 1.22. The second-order valence-corrected chi connectivity index (χ2v) is 2.92. The Bertz CT molecular complexity index is 315. The number of aryl methyl sites for hydroxylation is 2. The molecule has 0 amide bonds. The molecule has 0 aliphatic rings. The Morgan fingerprint density at radius 2 is 2.33 bits per heavy atom. The molecular formula is C9H9ClN2. The molecule has 1 heterocycles. The molecule has 0 fully saturated rings. The predicted molar refractivity (Wildman–Crippen MR) is 47.9 cm³/mol. The second-order valence-electron chi connectivity index (χ2n) is 2.56. The molecule has 1 rings (SSSR count). The number of halogens is 1. The van der Waals surface area contributed by atoms with Crippen LogP contribution in [0.3, 0.4) is 0 Å². The van der Waals surface area contributed by atoms with Gasteiger partial charge in [0, 0.05) is 12.1 Å². The predicted octanol–water partition coefficient (Wildman–Crippen LogP) is 2.50. The van der Waals surface area contributed by atoms with Gasteiger partial charge in [0.15, 0.2) is 0 Å². The van der Waals surface area contributed by atoms with E-state index in [0.29, 0.717) is 18.0 Å². The second kappa shape index (κ2) is 4.08. The maximum atomic E-state index is 8.36. The molecule has 0 bridgehead atoms. The average Bonchev–Trinajstić information content (AvgIpc) is 2.03. The number of pyridine rings is 1. The summed E-state index contributed by atoms with van der Waals surface area (Å²) in [5, 5.41) is 8.88. The maximum absolute atomic E-state index is 8.36. The smallest absolute Gasteiger partial charge is 0.132 e. The number of nitriles is 1. The van der Waals surface area contributed by atoms with Gasteiger partial charge in [-0.2, -0.15) is 5.26 Å². The Balaban J connectivity index is 2.81. The summed E-state index contributed by atoms with van der Waals surface area (Å²) in [7, 11) is 0. The van der Waals surface area contributed by atoms with Crippen LogP contribution in [-0.4, -0.2) is 4.98 Å². The first kappa shape index (κ1) is 9.02. The number of hydrogen-bond donors (Lipinski definition) is 0. The van der Waals surface area contributed by atoms with E-state index in [1.807, 2.05) is 19.1 Å². The van der Waals surface area contributed by atoms with Crippen LogP contribution in [0, 0.1) is 18.3 Å². The third-order valence-corrected chi connectivity index (χ3v) is 1.90. The van der Waals surface area contributed by atoms with Crippen LogP contribution in [0.2, 0.25) is 5.15 Å². The largest absolute Gasteiger partial charge is 0.241 e. The van der Waals surface area contributed by atoms with Crippen LogP contribution in [0.15, 0.2) is 12.1 Å². The van der Waals surface area contributed by atoms with E-state index in [1.165, 1.54) is 0 Å². The Kier molecular flexibility index (Phi) is 3.07. The zero-order valence-electron chi connectivity index (χ0n) is 6.84. The van der Waals surface area contributed by atoms with Crippen molar-refractivity contribution in [2.45, 2.75) is 19.8 Å². The van der Waals surface area contributed by atoms with Crippen LogP contribution in [0.25, 0.3) is 0 Å². The third kappa shape index (κ3) is 2.21. The first-order valence-corrected chi connectivity index (χ1v) is 4.11. The Morgan fingerprint density at radius 3 is 2.92 bits per heavy atom. The first-order valence-electron chi connectivity index (χ1n) is 3.73. The SMILES string of the molecule is Cc1ccc(CCC#N)c(Cl)n1. The average molecular weight is 181 g/mol. The maximum Gasteiger partial charge on any atom is 0.132 e. The lowest BCUT2D eigenvalue weighted by molar-refractivity contribution is 0.989. The third-order valence-electron chi connectivity index (χ3n) is 1.57. The summed E-state index contributed by atoms with van der Waals surface area (Å²) >= 11 is 5.84. The van der Waals surface area contributed by atoms with E-state index in [1.54, 1.807) is 0 Å². The summed E-state index contributed by atoms with van der Waals surface area (Å²) in [6, 6.07) is 5.89. The first-order chi connectivity index (χ1) is 5.74. The van der Waals surface area contributed by atoms with Crippen LogP contribution >= 0.6 is 11.6 Å². The molecule has 0 aromatic carbocycles. The van der Waals surface area contributed by atoms with E-state index in [2.05, 4.69) is 11.1 Å². The van der Waals surface area contributed by atoms with Gasteiger partial charge in [0.25, 0.3) is 0 Å². The fraction of sp³-hybridized carbons (Fsp3) is 0.333. The number of nitrogens with zero attached hydrogens (tertiary/aromatic N) is 2. The monoisotopic (exact) mass is 180 g/mol. The van der Waals surface area contributed by atoms with E-state index in [4.69, 9.17) is 16.9 Å². The summed E-state index contributed by atoms with van der Waals surface area (Å²) < 4.78 is 0. The minimum Gasteiger partial charge on any atom is -0.241 e. The van der Waals surface area contributed by atoms with E-state index in [9.17, 15) is 0 Å². The lowest BCUT2D eigenvalue weighted by atomic mass is 10.1. The topological polar surface area (TPSA) is 36.7 Å². The fourth-order valence-electron chi connectivity index (χ4n) is 0.931. The van der Waals surface area contributed by atoms with Gasteiger partial charge >= 0.3 is 0 Å². The lowest BCUT2D eigenvalue weighted by Crippen LogP contribution is -1.90. The summed E-state index contributed by atoms with van der Waals surface area (Å²) in [6.07, 6.45) is 1.17. The van der Waals surface area contributed by atoms with Crippen molar-refractivity contribution in [1.82, 2.24) is 4.98 Å². The molecule has 0 saturated carbocycles. The van der Waals surface area contributed by atoms with Crippen LogP contribution in [-0.2, 0) is 6.42 Å². The van der Waals surface area contributed by atoms with E-state index in [-0.39, 0.29) is 0 Å². The Hall–Kier alpha value is -1.07. The van der Waals surface area contributed by atoms with Crippen molar-refractivity contribution < 1.29 is 0 Å². The van der Waals surface area contributed by atoms with Gasteiger partial charge in [-0.1, -0.05) is 17.7 Å². The van der Waals surface area contributed by atoms with Crippen LogP contribution in [0.1, 0.15) is 17.7 Å². The van der Waals surface area contributed by atoms with Gasteiger partial charge in [-0.15, -0.1) is 0 Å². The minimum absolute atomic E-state index is 0.491. The zero-order valence-corrected chi connectivity index (χ0v) is 7.60. The molecule has 0 radical (unpaired) electrons. The van der Waals surface area contributed by atoms with E-state index < -0.39 is 0 Å². The van der Waals surface area contributed by atoms with Crippen molar-refractivity contribution in [3.8, 4) is 6.07 Å². The van der Waals surface area contributed by atoms with Crippen molar-refractivity contribution in [3.05, 3.63) is 28.5 Å². The van der Waals surface area contributed by atoms with Crippen molar-refractivity contribution in [3.63, 3.8) is 0 Å². The number of hydrogen-bond acceptors (Lipinski definition) is 2. The molecule has 12 heavy (non-hydrogen) atoms. The van der Waals surface area contributed by atoms with Crippen molar-refractivity contribution in [2.24, 2.45) is 0 Å². The molecule has 0 unspecified atom stereocenters. The molecule has 3 heteroatoms. The zero-order chi connectivity index (χ0) is 8.97. The molecule has 1 aromatic heterocycles. The van der Waals surface area contributed by atoms with Crippen molar-refractivity contribution >= 4 is 11.6 Å². The quantitative estimate of drug-likeness (QED) is 0.656. The van der Waals surface area contributed by atoms with Crippen LogP contribution in [0.5, 0.6) is 0 Å². The van der Waals surface area contributed by atoms with Crippen molar-refractivity contribution in [2.75, 3.05) is 0 Å². The van der Waals surface area contributed by atoms with Gasteiger partial charge in [-0.25, -0.2) is 4.98 Å². The molecule has 0 saturated heterocycles. The van der Waals surface area contributed by atoms with Crippen molar-refractivity contribution in [1.29, 1.82) is 5.26 Å². The Morgan fingerprint density at radius 1 is 1.58 bits per heavy atom. The van der Waals surface area contributed by atoms with E-state index >= 15 is 0 Å². The molecule has 0 aliphatic carbocycles. The van der Waals surface area contributed by atoms with Crippen LogP contribution < -0.4 is 0 Å². The van der Waals surface area contributed by atoms with Gasteiger partial charge in [0.1, 0.15) is 5.15 Å².